The third-order valence-electron chi connectivity index (χ3n) is 2.69. The largest absolute Gasteiger partial charge is 0.308 e. The molecule has 88 valence electrons. The van der Waals surface area contributed by atoms with Gasteiger partial charge in [0.25, 0.3) is 0 Å². The highest BCUT2D eigenvalue weighted by molar-refractivity contribution is 9.10. The van der Waals surface area contributed by atoms with Crippen LogP contribution < -0.4 is 5.32 Å². The van der Waals surface area contributed by atoms with Crippen LogP contribution in [0, 0.1) is 5.82 Å². The molecule has 0 bridgehead atoms. The lowest BCUT2D eigenvalue weighted by Crippen LogP contribution is -2.45. The summed E-state index contributed by atoms with van der Waals surface area (Å²) >= 11 is 3.25. The monoisotopic (exact) mass is 287 g/mol. The average molecular weight is 288 g/mol. The van der Waals surface area contributed by atoms with E-state index in [1.807, 2.05) is 13.8 Å². The molecule has 0 amide bonds. The summed E-state index contributed by atoms with van der Waals surface area (Å²) in [5.41, 5.74) is 0.239. The van der Waals surface area contributed by atoms with Crippen LogP contribution in [0.1, 0.15) is 19.4 Å². The molecule has 16 heavy (non-hydrogen) atoms. The summed E-state index contributed by atoms with van der Waals surface area (Å²) in [7, 11) is 1.75. The standard InChI is InChI=1S/C12H15BrFNO/c1-12(2,15-3)11(16)6-8-4-5-9(14)7-10(8)13/h4-5,7,15H,6H2,1-3H3. The fourth-order valence-corrected chi connectivity index (χ4v) is 1.69. The predicted octanol–water partition coefficient (Wildman–Crippen LogP) is 2.70. The first-order chi connectivity index (χ1) is 7.36. The third-order valence-corrected chi connectivity index (χ3v) is 3.43. The fraction of sp³-hybridized carbons (Fsp3) is 0.417. The minimum absolute atomic E-state index is 0.0716. The van der Waals surface area contributed by atoms with Crippen molar-refractivity contribution in [3.05, 3.63) is 34.1 Å². The topological polar surface area (TPSA) is 29.1 Å². The van der Waals surface area contributed by atoms with E-state index in [0.717, 1.165) is 5.56 Å². The summed E-state index contributed by atoms with van der Waals surface area (Å²) in [5, 5.41) is 2.95. The number of likely N-dealkylation sites (N-methyl/N-ethyl adjacent to an activating group) is 1. The van der Waals surface area contributed by atoms with Crippen molar-refractivity contribution in [1.82, 2.24) is 5.32 Å². The van der Waals surface area contributed by atoms with Crippen LogP contribution in [0.15, 0.2) is 22.7 Å². The summed E-state index contributed by atoms with van der Waals surface area (Å²) in [4.78, 5) is 11.9. The van der Waals surface area contributed by atoms with Crippen molar-refractivity contribution >= 4 is 21.7 Å². The zero-order valence-electron chi connectivity index (χ0n) is 9.60. The maximum absolute atomic E-state index is 12.9. The van der Waals surface area contributed by atoms with Gasteiger partial charge >= 0.3 is 0 Å². The summed E-state index contributed by atoms with van der Waals surface area (Å²) in [6.07, 6.45) is 0.286. The van der Waals surface area contributed by atoms with E-state index < -0.39 is 5.54 Å². The van der Waals surface area contributed by atoms with Gasteiger partial charge in [0, 0.05) is 10.9 Å². The Morgan fingerprint density at radius 1 is 1.50 bits per heavy atom. The number of Topliss-reactive ketones (excluding diaryl/α,β-unsaturated/α-hetero) is 1. The highest BCUT2D eigenvalue weighted by Crippen LogP contribution is 2.20. The summed E-state index contributed by atoms with van der Waals surface area (Å²) in [5.74, 6) is -0.238. The third kappa shape index (κ3) is 3.12. The molecule has 1 rings (SSSR count). The number of halogens is 2. The lowest BCUT2D eigenvalue weighted by atomic mass is 9.94. The van der Waals surface area contributed by atoms with E-state index in [4.69, 9.17) is 0 Å². The highest BCUT2D eigenvalue weighted by Gasteiger charge is 2.25. The first-order valence-corrected chi connectivity index (χ1v) is 5.82. The van der Waals surface area contributed by atoms with E-state index in [1.54, 1.807) is 13.1 Å². The number of hydrogen-bond acceptors (Lipinski definition) is 2. The quantitative estimate of drug-likeness (QED) is 0.923. The molecule has 0 radical (unpaired) electrons. The molecule has 0 aliphatic heterocycles. The minimum Gasteiger partial charge on any atom is -0.308 e. The van der Waals surface area contributed by atoms with Crippen LogP contribution in [0.3, 0.4) is 0 Å². The first kappa shape index (κ1) is 13.3. The molecule has 1 N–H and O–H groups in total. The van der Waals surface area contributed by atoms with Crippen molar-refractivity contribution in [2.45, 2.75) is 25.8 Å². The van der Waals surface area contributed by atoms with Crippen LogP contribution in [0.4, 0.5) is 4.39 Å². The molecule has 2 nitrogen and oxygen atoms in total. The van der Waals surface area contributed by atoms with E-state index in [1.165, 1.54) is 12.1 Å². The lowest BCUT2D eigenvalue weighted by Gasteiger charge is -2.22. The van der Waals surface area contributed by atoms with E-state index in [-0.39, 0.29) is 18.0 Å². The van der Waals surface area contributed by atoms with E-state index in [9.17, 15) is 9.18 Å². The first-order valence-electron chi connectivity index (χ1n) is 5.03. The molecular formula is C12H15BrFNO. The Bertz CT molecular complexity index is 404. The average Bonchev–Trinajstić information content (AvgIpc) is 2.22. The Morgan fingerprint density at radius 2 is 2.12 bits per heavy atom. The predicted molar refractivity (Wildman–Crippen MR) is 65.9 cm³/mol. The molecule has 0 heterocycles. The van der Waals surface area contributed by atoms with E-state index in [0.29, 0.717) is 4.47 Å². The Balaban J connectivity index is 2.85. The lowest BCUT2D eigenvalue weighted by molar-refractivity contribution is -0.123. The van der Waals surface area contributed by atoms with Gasteiger partial charge in [-0.05, 0) is 38.6 Å². The van der Waals surface area contributed by atoms with Gasteiger partial charge in [-0.15, -0.1) is 0 Å². The highest BCUT2D eigenvalue weighted by atomic mass is 79.9. The Hall–Kier alpha value is -0.740. The normalized spacial score (nSPS) is 11.6. The van der Waals surface area contributed by atoms with Gasteiger partial charge in [-0.2, -0.15) is 0 Å². The molecule has 0 spiro atoms. The van der Waals surface area contributed by atoms with Gasteiger partial charge in [-0.25, -0.2) is 4.39 Å². The van der Waals surface area contributed by atoms with E-state index in [2.05, 4.69) is 21.2 Å². The SMILES string of the molecule is CNC(C)(C)C(=O)Cc1ccc(F)cc1Br. The smallest absolute Gasteiger partial charge is 0.156 e. The molecule has 0 aliphatic rings. The van der Waals surface area contributed by atoms with Crippen molar-refractivity contribution in [2.24, 2.45) is 0 Å². The molecule has 0 aromatic heterocycles. The number of carbonyl (C=O) groups is 1. The number of ketones is 1. The van der Waals surface area contributed by atoms with Crippen molar-refractivity contribution in [3.8, 4) is 0 Å². The van der Waals surface area contributed by atoms with Gasteiger partial charge in [-0.1, -0.05) is 22.0 Å². The maximum atomic E-state index is 12.9. The van der Waals surface area contributed by atoms with Crippen LogP contribution in [0.25, 0.3) is 0 Å². The van der Waals surface area contributed by atoms with Crippen LogP contribution in [0.2, 0.25) is 0 Å². The van der Waals surface area contributed by atoms with Gasteiger partial charge in [0.1, 0.15) is 5.82 Å². The van der Waals surface area contributed by atoms with Gasteiger partial charge in [0.05, 0.1) is 5.54 Å². The molecule has 0 atom stereocenters. The van der Waals surface area contributed by atoms with Crippen molar-refractivity contribution in [3.63, 3.8) is 0 Å². The molecule has 0 fully saturated rings. The van der Waals surface area contributed by atoms with Crippen LogP contribution >= 0.6 is 15.9 Å². The molecule has 1 aromatic rings. The Kier molecular flexibility index (Phi) is 4.21. The zero-order chi connectivity index (χ0) is 12.3. The van der Waals surface area contributed by atoms with Crippen LogP contribution in [-0.2, 0) is 11.2 Å². The maximum Gasteiger partial charge on any atom is 0.156 e. The van der Waals surface area contributed by atoms with Gasteiger partial charge < -0.3 is 5.32 Å². The molecule has 0 aliphatic carbocycles. The fourth-order valence-electron chi connectivity index (χ4n) is 1.20. The van der Waals surface area contributed by atoms with Crippen molar-refractivity contribution in [1.29, 1.82) is 0 Å². The molecular weight excluding hydrogens is 273 g/mol. The summed E-state index contributed by atoms with van der Waals surface area (Å²) in [6, 6.07) is 4.36. The molecule has 0 saturated heterocycles. The summed E-state index contributed by atoms with van der Waals surface area (Å²) < 4.78 is 13.5. The number of nitrogens with one attached hydrogen (secondary N) is 1. The van der Waals surface area contributed by atoms with Crippen molar-refractivity contribution < 1.29 is 9.18 Å². The van der Waals surface area contributed by atoms with Gasteiger partial charge in [-0.3, -0.25) is 4.79 Å². The zero-order valence-corrected chi connectivity index (χ0v) is 11.2. The Morgan fingerprint density at radius 3 is 2.62 bits per heavy atom. The second-order valence-electron chi connectivity index (χ2n) is 4.21. The van der Waals surface area contributed by atoms with Crippen molar-refractivity contribution in [2.75, 3.05) is 7.05 Å². The van der Waals surface area contributed by atoms with Gasteiger partial charge in [0.15, 0.2) is 5.78 Å². The van der Waals surface area contributed by atoms with E-state index >= 15 is 0 Å². The number of carbonyl (C=O) groups excluding carboxylic acids is 1. The van der Waals surface area contributed by atoms with Gasteiger partial charge in [0.2, 0.25) is 0 Å². The second kappa shape index (κ2) is 5.06. The molecule has 0 saturated carbocycles. The summed E-state index contributed by atoms with van der Waals surface area (Å²) in [6.45, 7) is 3.65. The van der Waals surface area contributed by atoms with Crippen LogP contribution in [0.5, 0.6) is 0 Å². The second-order valence-corrected chi connectivity index (χ2v) is 5.07. The Labute approximate surface area is 103 Å². The number of hydrogen-bond donors (Lipinski definition) is 1. The van der Waals surface area contributed by atoms with Crippen LogP contribution in [-0.4, -0.2) is 18.4 Å². The molecule has 0 unspecified atom stereocenters. The molecule has 4 heteroatoms. The molecule has 1 aromatic carbocycles. The minimum atomic E-state index is -0.562. The number of benzene rings is 1. The number of rotatable bonds is 4.